The third-order valence-electron chi connectivity index (χ3n) is 5.10. The van der Waals surface area contributed by atoms with Crippen LogP contribution in [0.2, 0.25) is 0 Å². The Morgan fingerprint density at radius 2 is 0.788 bits per heavy atom. The molecule has 0 heterocycles. The Labute approximate surface area is 193 Å². The van der Waals surface area contributed by atoms with Crippen LogP contribution in [0, 0.1) is 0 Å². The smallest absolute Gasteiger partial charge is 0.193 e. The molecule has 33 heavy (non-hydrogen) atoms. The molecule has 0 bridgehead atoms. The largest absolute Gasteiger partial charge is 0.473 e. The van der Waals surface area contributed by atoms with Gasteiger partial charge in [0.25, 0.3) is 0 Å². The van der Waals surface area contributed by atoms with Crippen LogP contribution in [0.5, 0.6) is 0 Å². The molecule has 0 fully saturated rings. The van der Waals surface area contributed by atoms with Gasteiger partial charge in [0, 0.05) is 22.3 Å². The van der Waals surface area contributed by atoms with E-state index in [-0.39, 0.29) is 11.6 Å². The highest BCUT2D eigenvalue weighted by molar-refractivity contribution is 6.09. The zero-order valence-electron chi connectivity index (χ0n) is 17.9. The molecule has 4 aromatic carbocycles. The van der Waals surface area contributed by atoms with Crippen molar-refractivity contribution in [2.75, 3.05) is 0 Å². The molecule has 0 atom stereocenters. The number of rotatable bonds is 8. The molecule has 0 aliphatic rings. The van der Waals surface area contributed by atoms with Gasteiger partial charge in [-0.25, -0.2) is 0 Å². The number of carbonyl (C=O) groups is 2. The first-order chi connectivity index (χ1) is 16.2. The molecule has 4 aromatic rings. The van der Waals surface area contributed by atoms with E-state index in [0.717, 1.165) is 11.1 Å². The van der Waals surface area contributed by atoms with Crippen molar-refractivity contribution in [3.8, 4) is 0 Å². The van der Waals surface area contributed by atoms with Gasteiger partial charge in [-0.1, -0.05) is 109 Å². The highest BCUT2D eigenvalue weighted by Crippen LogP contribution is 2.13. The van der Waals surface area contributed by atoms with Crippen molar-refractivity contribution in [3.63, 3.8) is 0 Å². The van der Waals surface area contributed by atoms with E-state index in [9.17, 15) is 9.59 Å². The molecular formula is C30H22O3. The van der Waals surface area contributed by atoms with Gasteiger partial charge in [-0.2, -0.15) is 0 Å². The van der Waals surface area contributed by atoms with E-state index in [1.54, 1.807) is 12.5 Å². The second-order valence-corrected chi connectivity index (χ2v) is 7.38. The number of carbonyl (C=O) groups excluding carboxylic acids is 2. The Morgan fingerprint density at radius 3 is 1.15 bits per heavy atom. The summed E-state index contributed by atoms with van der Waals surface area (Å²) in [6.45, 7) is 0. The van der Waals surface area contributed by atoms with Crippen LogP contribution in [-0.2, 0) is 4.74 Å². The Bertz CT molecular complexity index is 1170. The minimum absolute atomic E-state index is 0.00167. The van der Waals surface area contributed by atoms with E-state index in [0.29, 0.717) is 22.3 Å². The predicted octanol–water partition coefficient (Wildman–Crippen LogP) is 6.81. The lowest BCUT2D eigenvalue weighted by molar-refractivity contribution is 0.103. The molecule has 0 saturated heterocycles. The molecule has 0 N–H and O–H groups in total. The zero-order chi connectivity index (χ0) is 22.9. The summed E-state index contributed by atoms with van der Waals surface area (Å²) in [7, 11) is 0. The van der Waals surface area contributed by atoms with E-state index in [1.807, 2.05) is 121 Å². The quantitative estimate of drug-likeness (QED) is 0.228. The van der Waals surface area contributed by atoms with Gasteiger partial charge in [-0.3, -0.25) is 9.59 Å². The Balaban J connectivity index is 1.30. The molecule has 0 saturated carbocycles. The zero-order valence-corrected chi connectivity index (χ0v) is 17.9. The SMILES string of the molecule is O=C(c1ccccc1)c1ccc(C=COC=Cc2ccc(C(=O)c3ccccc3)cc2)cc1. The molecule has 0 amide bonds. The average Bonchev–Trinajstić information content (AvgIpc) is 2.89. The van der Waals surface area contributed by atoms with Gasteiger partial charge in [-0.15, -0.1) is 0 Å². The first-order valence-electron chi connectivity index (χ1n) is 10.6. The monoisotopic (exact) mass is 430 g/mol. The molecule has 160 valence electrons. The minimum atomic E-state index is 0.00167. The molecule has 0 aliphatic carbocycles. The fourth-order valence-electron chi connectivity index (χ4n) is 3.28. The maximum Gasteiger partial charge on any atom is 0.193 e. The molecule has 0 spiro atoms. The van der Waals surface area contributed by atoms with Crippen LogP contribution in [0.25, 0.3) is 12.2 Å². The summed E-state index contributed by atoms with van der Waals surface area (Å²) >= 11 is 0. The fraction of sp³-hybridized carbons (Fsp3) is 0. The van der Waals surface area contributed by atoms with Crippen molar-refractivity contribution in [2.45, 2.75) is 0 Å². The van der Waals surface area contributed by atoms with Crippen LogP contribution in [0.1, 0.15) is 43.0 Å². The van der Waals surface area contributed by atoms with Crippen LogP contribution in [0.3, 0.4) is 0 Å². The lowest BCUT2D eigenvalue weighted by Gasteiger charge is -2.02. The summed E-state index contributed by atoms with van der Waals surface area (Å²) in [5.74, 6) is 0.00333. The van der Waals surface area contributed by atoms with Crippen molar-refractivity contribution >= 4 is 23.7 Å². The van der Waals surface area contributed by atoms with E-state index in [2.05, 4.69) is 0 Å². The van der Waals surface area contributed by atoms with Gasteiger partial charge < -0.3 is 4.74 Å². The molecule has 0 aliphatic heterocycles. The summed E-state index contributed by atoms with van der Waals surface area (Å²) in [6, 6.07) is 33.2. The Morgan fingerprint density at radius 1 is 0.455 bits per heavy atom. The lowest BCUT2D eigenvalue weighted by Crippen LogP contribution is -2.00. The highest BCUT2D eigenvalue weighted by Gasteiger charge is 2.08. The summed E-state index contributed by atoms with van der Waals surface area (Å²) in [4.78, 5) is 24.9. The van der Waals surface area contributed by atoms with Crippen molar-refractivity contribution in [1.29, 1.82) is 0 Å². The van der Waals surface area contributed by atoms with Crippen LogP contribution in [0.4, 0.5) is 0 Å². The summed E-state index contributed by atoms with van der Waals surface area (Å²) < 4.78 is 5.44. The maximum absolute atomic E-state index is 12.5. The number of hydrogen-bond donors (Lipinski definition) is 0. The second-order valence-electron chi connectivity index (χ2n) is 7.38. The average molecular weight is 431 g/mol. The van der Waals surface area contributed by atoms with Gasteiger partial charge in [0.1, 0.15) is 0 Å². The molecule has 4 rings (SSSR count). The molecule has 0 aromatic heterocycles. The van der Waals surface area contributed by atoms with Crippen LogP contribution in [0.15, 0.2) is 122 Å². The van der Waals surface area contributed by atoms with Gasteiger partial charge in [0.05, 0.1) is 12.5 Å². The van der Waals surface area contributed by atoms with Crippen LogP contribution < -0.4 is 0 Å². The second kappa shape index (κ2) is 10.7. The topological polar surface area (TPSA) is 43.4 Å². The third-order valence-corrected chi connectivity index (χ3v) is 5.10. The van der Waals surface area contributed by atoms with E-state index < -0.39 is 0 Å². The van der Waals surface area contributed by atoms with E-state index in [4.69, 9.17) is 4.74 Å². The van der Waals surface area contributed by atoms with Gasteiger partial charge in [0.2, 0.25) is 0 Å². The van der Waals surface area contributed by atoms with Crippen molar-refractivity contribution in [1.82, 2.24) is 0 Å². The lowest BCUT2D eigenvalue weighted by atomic mass is 10.0. The summed E-state index contributed by atoms with van der Waals surface area (Å²) in [5.41, 5.74) is 4.49. The normalized spacial score (nSPS) is 11.0. The summed E-state index contributed by atoms with van der Waals surface area (Å²) in [5, 5.41) is 0. The molecule has 0 radical (unpaired) electrons. The standard InChI is InChI=1S/C30H22O3/c31-29(25-7-3-1-4-8-25)27-15-11-23(12-16-27)19-21-33-22-20-24-13-17-28(18-14-24)30(32)26-9-5-2-6-10-26/h1-22H. The van der Waals surface area contributed by atoms with Crippen LogP contribution >= 0.6 is 0 Å². The number of ketones is 2. The Kier molecular flexibility index (Phi) is 7.04. The fourth-order valence-corrected chi connectivity index (χ4v) is 3.28. The van der Waals surface area contributed by atoms with Crippen molar-refractivity contribution < 1.29 is 14.3 Å². The van der Waals surface area contributed by atoms with Crippen LogP contribution in [-0.4, -0.2) is 11.6 Å². The molecule has 3 nitrogen and oxygen atoms in total. The molecule has 3 heteroatoms. The van der Waals surface area contributed by atoms with Gasteiger partial charge in [-0.05, 0) is 23.3 Å². The number of hydrogen-bond acceptors (Lipinski definition) is 3. The number of benzene rings is 4. The molecule has 0 unspecified atom stereocenters. The minimum Gasteiger partial charge on any atom is -0.473 e. The maximum atomic E-state index is 12.5. The van der Waals surface area contributed by atoms with Gasteiger partial charge in [0.15, 0.2) is 11.6 Å². The third kappa shape index (κ3) is 5.81. The molecular weight excluding hydrogens is 408 g/mol. The van der Waals surface area contributed by atoms with Crippen molar-refractivity contribution in [2.24, 2.45) is 0 Å². The first-order valence-corrected chi connectivity index (χ1v) is 10.6. The highest BCUT2D eigenvalue weighted by atomic mass is 16.5. The van der Waals surface area contributed by atoms with E-state index in [1.165, 1.54) is 0 Å². The Hall–Kier alpha value is -4.50. The van der Waals surface area contributed by atoms with Gasteiger partial charge >= 0.3 is 0 Å². The van der Waals surface area contributed by atoms with E-state index >= 15 is 0 Å². The van der Waals surface area contributed by atoms with Crippen molar-refractivity contribution in [3.05, 3.63) is 155 Å². The summed E-state index contributed by atoms with van der Waals surface area (Å²) in [6.07, 6.45) is 6.81. The predicted molar refractivity (Wildman–Crippen MR) is 132 cm³/mol. The first kappa shape index (κ1) is 21.7. The number of ether oxygens (including phenoxy) is 1.